The lowest BCUT2D eigenvalue weighted by molar-refractivity contribution is -0.114. The van der Waals surface area contributed by atoms with E-state index in [1.54, 1.807) is 29.1 Å². The van der Waals surface area contributed by atoms with Crippen LogP contribution in [-0.4, -0.2) is 15.5 Å². The van der Waals surface area contributed by atoms with Gasteiger partial charge in [0.15, 0.2) is 0 Å². The van der Waals surface area contributed by atoms with Crippen molar-refractivity contribution in [3.63, 3.8) is 0 Å². The number of rotatable bonds is 3. The topological polar surface area (TPSA) is 46.9 Å². The molecule has 4 rings (SSSR count). The molecule has 0 radical (unpaired) electrons. The van der Waals surface area contributed by atoms with Crippen LogP contribution in [0, 0.1) is 11.6 Å². The summed E-state index contributed by atoms with van der Waals surface area (Å²) in [4.78, 5) is 15.9. The zero-order valence-corrected chi connectivity index (χ0v) is 16.3. The monoisotopic (exact) mass is 441 g/mol. The number of anilines is 1. The first-order chi connectivity index (χ1) is 13.4. The minimum absolute atomic E-state index is 0.150. The summed E-state index contributed by atoms with van der Waals surface area (Å²) in [6.07, 6.45) is 1.63. The Bertz CT molecular complexity index is 1200. The first kappa shape index (κ1) is 18.3. The molecule has 0 aliphatic heterocycles. The molecule has 1 heterocycles. The standard InChI is InChI=1S/C21H14BrF2N3O/c1-12(28)26-15-7-13(21-17(23)3-2-4-18(21)24)8-16(10-15)27-11-25-19-9-14(22)5-6-20(19)27/h2-11H,1H3,(H,26,28). The number of carbonyl (C=O) groups is 1. The van der Waals surface area contributed by atoms with Crippen LogP contribution in [0.1, 0.15) is 6.92 Å². The molecule has 0 bridgehead atoms. The number of halogens is 3. The highest BCUT2D eigenvalue weighted by Crippen LogP contribution is 2.32. The average molecular weight is 442 g/mol. The van der Waals surface area contributed by atoms with Gasteiger partial charge in [-0.15, -0.1) is 0 Å². The second-order valence-corrected chi connectivity index (χ2v) is 7.21. The Hall–Kier alpha value is -3.06. The molecule has 1 amide bonds. The van der Waals surface area contributed by atoms with Crippen LogP contribution in [-0.2, 0) is 4.79 Å². The summed E-state index contributed by atoms with van der Waals surface area (Å²) in [5.74, 6) is -1.63. The summed E-state index contributed by atoms with van der Waals surface area (Å²) in [5, 5.41) is 2.69. The Morgan fingerprint density at radius 2 is 1.82 bits per heavy atom. The highest BCUT2D eigenvalue weighted by molar-refractivity contribution is 9.10. The maximum atomic E-state index is 14.4. The van der Waals surface area contributed by atoms with E-state index in [2.05, 4.69) is 26.2 Å². The molecule has 7 heteroatoms. The first-order valence-electron chi connectivity index (χ1n) is 8.42. The van der Waals surface area contributed by atoms with Gasteiger partial charge in [-0.05, 0) is 54.1 Å². The molecular formula is C21H14BrF2N3O. The highest BCUT2D eigenvalue weighted by Gasteiger charge is 2.15. The van der Waals surface area contributed by atoms with E-state index in [9.17, 15) is 13.6 Å². The molecule has 1 N–H and O–H groups in total. The maximum Gasteiger partial charge on any atom is 0.221 e. The third-order valence-corrected chi connectivity index (χ3v) is 4.77. The Balaban J connectivity index is 1.95. The van der Waals surface area contributed by atoms with E-state index in [4.69, 9.17) is 0 Å². The van der Waals surface area contributed by atoms with E-state index in [-0.39, 0.29) is 11.5 Å². The number of hydrogen-bond acceptors (Lipinski definition) is 2. The lowest BCUT2D eigenvalue weighted by Gasteiger charge is -2.13. The summed E-state index contributed by atoms with van der Waals surface area (Å²) in [6, 6.07) is 14.3. The molecule has 0 unspecified atom stereocenters. The molecule has 0 aliphatic carbocycles. The van der Waals surface area contributed by atoms with Crippen molar-refractivity contribution in [1.82, 2.24) is 9.55 Å². The van der Waals surface area contributed by atoms with E-state index in [1.165, 1.54) is 25.1 Å². The number of amides is 1. The quantitative estimate of drug-likeness (QED) is 0.443. The van der Waals surface area contributed by atoms with Gasteiger partial charge in [-0.1, -0.05) is 22.0 Å². The van der Waals surface area contributed by atoms with Crippen LogP contribution < -0.4 is 5.32 Å². The van der Waals surface area contributed by atoms with Crippen LogP contribution in [0.15, 0.2) is 65.4 Å². The number of nitrogens with one attached hydrogen (secondary N) is 1. The van der Waals surface area contributed by atoms with Crippen LogP contribution in [0.5, 0.6) is 0 Å². The Labute approximate surface area is 168 Å². The summed E-state index contributed by atoms with van der Waals surface area (Å²) >= 11 is 3.41. The Morgan fingerprint density at radius 3 is 2.54 bits per heavy atom. The molecule has 1 aromatic heterocycles. The van der Waals surface area contributed by atoms with Gasteiger partial charge in [0.1, 0.15) is 18.0 Å². The molecular weight excluding hydrogens is 428 g/mol. The Morgan fingerprint density at radius 1 is 1.07 bits per heavy atom. The van der Waals surface area contributed by atoms with E-state index in [1.807, 2.05) is 18.2 Å². The van der Waals surface area contributed by atoms with E-state index in [0.29, 0.717) is 16.9 Å². The molecule has 0 saturated heterocycles. The predicted octanol–water partition coefficient (Wildman–Crippen LogP) is 5.69. The van der Waals surface area contributed by atoms with Crippen molar-refractivity contribution in [3.8, 4) is 16.8 Å². The Kier molecular flexibility index (Phi) is 4.68. The van der Waals surface area contributed by atoms with Crippen LogP contribution in [0.25, 0.3) is 27.8 Å². The van der Waals surface area contributed by atoms with Crippen molar-refractivity contribution < 1.29 is 13.6 Å². The smallest absolute Gasteiger partial charge is 0.221 e. The molecule has 0 saturated carbocycles. The SMILES string of the molecule is CC(=O)Nc1cc(-c2c(F)cccc2F)cc(-n2cnc3cc(Br)ccc32)c1. The number of benzene rings is 3. The summed E-state index contributed by atoms with van der Waals surface area (Å²) in [5.41, 5.74) is 2.80. The number of fused-ring (bicyclic) bond motifs is 1. The fraction of sp³-hybridized carbons (Fsp3) is 0.0476. The van der Waals surface area contributed by atoms with Gasteiger partial charge in [-0.25, -0.2) is 13.8 Å². The largest absolute Gasteiger partial charge is 0.326 e. The van der Waals surface area contributed by atoms with Crippen LogP contribution >= 0.6 is 15.9 Å². The number of carbonyl (C=O) groups excluding carboxylic acids is 1. The van der Waals surface area contributed by atoms with Crippen LogP contribution in [0.3, 0.4) is 0 Å². The van der Waals surface area contributed by atoms with Crippen molar-refractivity contribution in [3.05, 3.63) is 77.0 Å². The van der Waals surface area contributed by atoms with Gasteiger partial charge in [0.05, 0.1) is 16.6 Å². The lowest BCUT2D eigenvalue weighted by Crippen LogP contribution is -2.07. The molecule has 0 aliphatic rings. The second-order valence-electron chi connectivity index (χ2n) is 6.29. The first-order valence-corrected chi connectivity index (χ1v) is 9.22. The molecule has 3 aromatic carbocycles. The van der Waals surface area contributed by atoms with E-state index in [0.717, 1.165) is 15.5 Å². The van der Waals surface area contributed by atoms with Crippen molar-refractivity contribution in [2.45, 2.75) is 6.92 Å². The summed E-state index contributed by atoms with van der Waals surface area (Å²) in [7, 11) is 0. The van der Waals surface area contributed by atoms with Crippen molar-refractivity contribution in [2.24, 2.45) is 0 Å². The number of aromatic nitrogens is 2. The number of nitrogens with zero attached hydrogens (tertiary/aromatic N) is 2. The predicted molar refractivity (Wildman–Crippen MR) is 108 cm³/mol. The summed E-state index contributed by atoms with van der Waals surface area (Å²) in [6.45, 7) is 1.38. The van der Waals surface area contributed by atoms with Gasteiger partial charge in [0, 0.05) is 22.8 Å². The van der Waals surface area contributed by atoms with E-state index < -0.39 is 11.6 Å². The molecule has 0 spiro atoms. The molecule has 28 heavy (non-hydrogen) atoms. The minimum atomic E-state index is -0.676. The molecule has 4 nitrogen and oxygen atoms in total. The van der Waals surface area contributed by atoms with Gasteiger partial charge in [-0.2, -0.15) is 0 Å². The fourth-order valence-electron chi connectivity index (χ4n) is 3.14. The van der Waals surface area contributed by atoms with Gasteiger partial charge in [0.2, 0.25) is 5.91 Å². The van der Waals surface area contributed by atoms with E-state index >= 15 is 0 Å². The highest BCUT2D eigenvalue weighted by atomic mass is 79.9. The van der Waals surface area contributed by atoms with Crippen molar-refractivity contribution in [2.75, 3.05) is 5.32 Å². The van der Waals surface area contributed by atoms with Crippen molar-refractivity contribution >= 4 is 38.6 Å². The molecule has 140 valence electrons. The minimum Gasteiger partial charge on any atom is -0.326 e. The fourth-order valence-corrected chi connectivity index (χ4v) is 3.48. The average Bonchev–Trinajstić information content (AvgIpc) is 3.04. The molecule has 0 atom stereocenters. The molecule has 0 fully saturated rings. The van der Waals surface area contributed by atoms with Gasteiger partial charge >= 0.3 is 0 Å². The number of hydrogen-bond donors (Lipinski definition) is 1. The zero-order valence-electron chi connectivity index (χ0n) is 14.7. The summed E-state index contributed by atoms with van der Waals surface area (Å²) < 4.78 is 31.4. The number of imidazole rings is 1. The normalized spacial score (nSPS) is 11.0. The van der Waals surface area contributed by atoms with Crippen LogP contribution in [0.4, 0.5) is 14.5 Å². The second kappa shape index (κ2) is 7.16. The lowest BCUT2D eigenvalue weighted by atomic mass is 10.0. The van der Waals surface area contributed by atoms with Crippen molar-refractivity contribution in [1.29, 1.82) is 0 Å². The molecule has 4 aromatic rings. The van der Waals surface area contributed by atoms with Crippen LogP contribution in [0.2, 0.25) is 0 Å². The van der Waals surface area contributed by atoms with Gasteiger partial charge in [-0.3, -0.25) is 9.36 Å². The third-order valence-electron chi connectivity index (χ3n) is 4.28. The third kappa shape index (κ3) is 3.41. The van der Waals surface area contributed by atoms with Gasteiger partial charge < -0.3 is 5.32 Å². The zero-order chi connectivity index (χ0) is 19.8. The van der Waals surface area contributed by atoms with Gasteiger partial charge in [0.25, 0.3) is 0 Å². The maximum absolute atomic E-state index is 14.4.